The van der Waals surface area contributed by atoms with E-state index in [9.17, 15) is 4.79 Å². The molecule has 0 radical (unpaired) electrons. The lowest BCUT2D eigenvalue weighted by Gasteiger charge is -2.10. The van der Waals surface area contributed by atoms with Crippen molar-refractivity contribution in [3.05, 3.63) is 23.4 Å². The van der Waals surface area contributed by atoms with Gasteiger partial charge in [-0.15, -0.1) is 0 Å². The monoisotopic (exact) mass is 239 g/mol. The minimum Gasteiger partial charge on any atom is -0.442 e. The summed E-state index contributed by atoms with van der Waals surface area (Å²) in [7, 11) is 0. The van der Waals surface area contributed by atoms with Crippen LogP contribution in [0.25, 0.3) is 0 Å². The first-order chi connectivity index (χ1) is 7.70. The predicted octanol–water partition coefficient (Wildman–Crippen LogP) is 1.76. The molecule has 1 aromatic rings. The molecule has 1 fully saturated rings. The molecule has 0 saturated carbocycles. The van der Waals surface area contributed by atoms with E-state index in [2.05, 4.69) is 16.7 Å². The first-order valence-electron chi connectivity index (χ1n) is 4.73. The van der Waals surface area contributed by atoms with Gasteiger partial charge in [-0.25, -0.2) is 9.78 Å². The average molecular weight is 240 g/mol. The topological polar surface area (TPSA) is 54.8 Å². The lowest BCUT2D eigenvalue weighted by Crippen LogP contribution is -2.25. The number of anilines is 1. The van der Waals surface area contributed by atoms with Crippen LogP contribution in [-0.4, -0.2) is 37.0 Å². The van der Waals surface area contributed by atoms with E-state index in [1.54, 1.807) is 12.1 Å². The quantitative estimate of drug-likeness (QED) is 0.756. The number of hydrogen-bond donors (Lipinski definition) is 0. The van der Waals surface area contributed by atoms with Crippen molar-refractivity contribution in [2.45, 2.75) is 6.10 Å². The number of aromatic nitrogens is 1. The van der Waals surface area contributed by atoms with Crippen LogP contribution in [0.2, 0.25) is 5.02 Å². The number of carbonyl (C=O) groups excluding carboxylic acids is 1. The standard InChI is InChI=1S/C10H10ClN3O2/c1-12-5-8-6-14(10(15)16-8)9-3-2-7(11)4-13-9/h2-4,8H,1,5-6H2/t8-/m0/s1. The number of carbonyl (C=O) groups is 1. The largest absolute Gasteiger partial charge is 0.442 e. The second kappa shape index (κ2) is 4.49. The first kappa shape index (κ1) is 10.9. The van der Waals surface area contributed by atoms with Gasteiger partial charge in [-0.2, -0.15) is 0 Å². The van der Waals surface area contributed by atoms with Gasteiger partial charge in [-0.3, -0.25) is 9.89 Å². The fourth-order valence-electron chi connectivity index (χ4n) is 1.48. The maximum absolute atomic E-state index is 11.5. The van der Waals surface area contributed by atoms with E-state index in [1.807, 2.05) is 0 Å². The van der Waals surface area contributed by atoms with Crippen LogP contribution in [0.15, 0.2) is 23.3 Å². The third-order valence-corrected chi connectivity index (χ3v) is 2.42. The van der Waals surface area contributed by atoms with Crippen molar-refractivity contribution in [1.82, 2.24) is 4.98 Å². The third kappa shape index (κ3) is 2.14. The molecule has 16 heavy (non-hydrogen) atoms. The van der Waals surface area contributed by atoms with Gasteiger partial charge in [0.25, 0.3) is 0 Å². The second-order valence-corrected chi connectivity index (χ2v) is 3.79. The average Bonchev–Trinajstić information content (AvgIpc) is 2.61. The Labute approximate surface area is 97.7 Å². The van der Waals surface area contributed by atoms with E-state index in [4.69, 9.17) is 16.3 Å². The summed E-state index contributed by atoms with van der Waals surface area (Å²) in [4.78, 5) is 20.7. The van der Waals surface area contributed by atoms with Crippen LogP contribution in [-0.2, 0) is 4.74 Å². The first-order valence-corrected chi connectivity index (χ1v) is 5.10. The molecule has 0 aromatic carbocycles. The molecule has 2 rings (SSSR count). The van der Waals surface area contributed by atoms with Crippen molar-refractivity contribution >= 4 is 30.2 Å². The van der Waals surface area contributed by atoms with Crippen molar-refractivity contribution in [3.63, 3.8) is 0 Å². The highest BCUT2D eigenvalue weighted by Gasteiger charge is 2.32. The molecule has 1 saturated heterocycles. The third-order valence-electron chi connectivity index (χ3n) is 2.20. The predicted molar refractivity (Wildman–Crippen MR) is 61.3 cm³/mol. The summed E-state index contributed by atoms with van der Waals surface area (Å²) in [5.41, 5.74) is 0. The van der Waals surface area contributed by atoms with Crippen LogP contribution < -0.4 is 4.90 Å². The Kier molecular flexibility index (Phi) is 3.05. The number of nitrogens with zero attached hydrogens (tertiary/aromatic N) is 3. The normalized spacial score (nSPS) is 19.7. The molecule has 1 aliphatic heterocycles. The van der Waals surface area contributed by atoms with Crippen molar-refractivity contribution in [1.29, 1.82) is 0 Å². The molecule has 0 bridgehead atoms. The van der Waals surface area contributed by atoms with Crippen molar-refractivity contribution in [2.75, 3.05) is 18.0 Å². The second-order valence-electron chi connectivity index (χ2n) is 3.36. The van der Waals surface area contributed by atoms with E-state index in [-0.39, 0.29) is 6.10 Å². The molecule has 1 aromatic heterocycles. The van der Waals surface area contributed by atoms with Gasteiger partial charge in [0.15, 0.2) is 0 Å². The van der Waals surface area contributed by atoms with E-state index < -0.39 is 6.09 Å². The molecule has 84 valence electrons. The number of ether oxygens (including phenoxy) is 1. The van der Waals surface area contributed by atoms with Crippen LogP contribution in [0.4, 0.5) is 10.6 Å². The maximum Gasteiger partial charge on any atom is 0.416 e. The molecule has 1 aliphatic rings. The number of halogens is 1. The Hall–Kier alpha value is -1.62. The van der Waals surface area contributed by atoms with E-state index in [0.29, 0.717) is 23.9 Å². The lowest BCUT2D eigenvalue weighted by atomic mass is 10.3. The fraction of sp³-hybridized carbons (Fsp3) is 0.300. The fourth-order valence-corrected chi connectivity index (χ4v) is 1.59. The Morgan fingerprint density at radius 2 is 2.50 bits per heavy atom. The van der Waals surface area contributed by atoms with Crippen molar-refractivity contribution < 1.29 is 9.53 Å². The van der Waals surface area contributed by atoms with E-state index in [0.717, 1.165) is 0 Å². The number of rotatable bonds is 3. The molecule has 0 aliphatic carbocycles. The summed E-state index contributed by atoms with van der Waals surface area (Å²) >= 11 is 5.71. The Morgan fingerprint density at radius 1 is 1.69 bits per heavy atom. The van der Waals surface area contributed by atoms with Crippen LogP contribution >= 0.6 is 11.6 Å². The number of aliphatic imine (C=N–C) groups is 1. The summed E-state index contributed by atoms with van der Waals surface area (Å²) in [5.74, 6) is 0.529. The van der Waals surface area contributed by atoms with Crippen LogP contribution in [0.3, 0.4) is 0 Å². The van der Waals surface area contributed by atoms with Gasteiger partial charge in [0.05, 0.1) is 18.1 Å². The molecule has 0 spiro atoms. The number of hydrogen-bond acceptors (Lipinski definition) is 4. The molecule has 2 heterocycles. The molecular formula is C10H10ClN3O2. The van der Waals surface area contributed by atoms with Crippen molar-refractivity contribution in [3.8, 4) is 0 Å². The molecule has 6 heteroatoms. The lowest BCUT2D eigenvalue weighted by molar-refractivity contribution is 0.145. The van der Waals surface area contributed by atoms with Crippen LogP contribution in [0.1, 0.15) is 0 Å². The maximum atomic E-state index is 11.5. The highest BCUT2D eigenvalue weighted by atomic mass is 35.5. The molecule has 0 unspecified atom stereocenters. The zero-order valence-electron chi connectivity index (χ0n) is 8.47. The Morgan fingerprint density at radius 3 is 3.12 bits per heavy atom. The Bertz CT molecular complexity index is 407. The smallest absolute Gasteiger partial charge is 0.416 e. The van der Waals surface area contributed by atoms with Gasteiger partial charge < -0.3 is 4.74 Å². The minimum atomic E-state index is -0.413. The van der Waals surface area contributed by atoms with E-state index >= 15 is 0 Å². The van der Waals surface area contributed by atoms with Gasteiger partial charge in [0.1, 0.15) is 11.9 Å². The zero-order chi connectivity index (χ0) is 11.5. The summed E-state index contributed by atoms with van der Waals surface area (Å²) in [6.07, 6.45) is 0.828. The highest BCUT2D eigenvalue weighted by molar-refractivity contribution is 6.30. The van der Waals surface area contributed by atoms with E-state index in [1.165, 1.54) is 11.1 Å². The molecular weight excluding hydrogens is 230 g/mol. The minimum absolute atomic E-state index is 0.248. The zero-order valence-corrected chi connectivity index (χ0v) is 9.22. The van der Waals surface area contributed by atoms with Gasteiger partial charge in [0, 0.05) is 6.20 Å². The van der Waals surface area contributed by atoms with Crippen LogP contribution in [0.5, 0.6) is 0 Å². The molecule has 0 N–H and O–H groups in total. The van der Waals surface area contributed by atoms with Crippen molar-refractivity contribution in [2.24, 2.45) is 4.99 Å². The van der Waals surface area contributed by atoms with Gasteiger partial charge in [-0.1, -0.05) is 11.6 Å². The summed E-state index contributed by atoms with van der Waals surface area (Å²) in [6.45, 7) is 4.20. The Balaban J connectivity index is 2.13. The summed E-state index contributed by atoms with van der Waals surface area (Å²) < 4.78 is 5.08. The number of amides is 1. The number of cyclic esters (lactones) is 1. The highest BCUT2D eigenvalue weighted by Crippen LogP contribution is 2.20. The molecule has 1 amide bonds. The van der Waals surface area contributed by atoms with Gasteiger partial charge >= 0.3 is 6.09 Å². The van der Waals surface area contributed by atoms with Crippen LogP contribution in [0, 0.1) is 0 Å². The van der Waals surface area contributed by atoms with Gasteiger partial charge in [0.2, 0.25) is 0 Å². The summed E-state index contributed by atoms with van der Waals surface area (Å²) in [6, 6.07) is 3.35. The number of pyridine rings is 1. The molecule has 5 nitrogen and oxygen atoms in total. The van der Waals surface area contributed by atoms with Gasteiger partial charge in [-0.05, 0) is 18.9 Å². The molecule has 1 atom stereocenters. The SMILES string of the molecule is C=NC[C@H]1CN(c2ccc(Cl)cn2)C(=O)O1. The summed E-state index contributed by atoms with van der Waals surface area (Å²) in [5, 5.41) is 0.528.